The van der Waals surface area contributed by atoms with Gasteiger partial charge >= 0.3 is 0 Å². The summed E-state index contributed by atoms with van der Waals surface area (Å²) in [5, 5.41) is 9.66. The molecule has 0 aromatic carbocycles. The Hall–Kier alpha value is -0.160. The van der Waals surface area contributed by atoms with Crippen LogP contribution < -0.4 is 0 Å². The maximum absolute atomic E-state index is 9.66. The van der Waals surface area contributed by atoms with Gasteiger partial charge < -0.3 is 19.3 Å². The number of hydrogen-bond donors (Lipinski definition) is 1. The average Bonchev–Trinajstić information content (AvgIpc) is 2.06. The Morgan fingerprint density at radius 1 is 1.42 bits per heavy atom. The van der Waals surface area contributed by atoms with Gasteiger partial charge in [-0.3, -0.25) is 0 Å². The third-order valence-corrected chi connectivity index (χ3v) is 2.32. The average molecular weight is 176 g/mol. The molecule has 72 valence electrons. The third kappa shape index (κ3) is 1.61. The molecule has 1 rings (SSSR count). The number of ether oxygens (including phenoxy) is 3. The van der Waals surface area contributed by atoms with Crippen LogP contribution in [0.5, 0.6) is 0 Å². The second kappa shape index (κ2) is 3.70. The summed E-state index contributed by atoms with van der Waals surface area (Å²) in [7, 11) is 3.01. The summed E-state index contributed by atoms with van der Waals surface area (Å²) in [6, 6.07) is 0. The van der Waals surface area contributed by atoms with Gasteiger partial charge in [0.1, 0.15) is 12.7 Å². The van der Waals surface area contributed by atoms with E-state index in [0.717, 1.165) is 0 Å². The van der Waals surface area contributed by atoms with Crippen LogP contribution in [0.1, 0.15) is 13.3 Å². The molecule has 0 spiro atoms. The van der Waals surface area contributed by atoms with Crippen LogP contribution in [-0.2, 0) is 14.2 Å². The lowest BCUT2D eigenvalue weighted by Crippen LogP contribution is -2.55. The van der Waals surface area contributed by atoms with Crippen molar-refractivity contribution in [3.63, 3.8) is 0 Å². The van der Waals surface area contributed by atoms with E-state index in [9.17, 15) is 5.11 Å². The molecule has 2 unspecified atom stereocenters. The number of hydrogen-bond acceptors (Lipinski definition) is 4. The van der Waals surface area contributed by atoms with Crippen LogP contribution in [0.3, 0.4) is 0 Å². The lowest BCUT2D eigenvalue weighted by Gasteiger charge is -2.40. The molecule has 4 nitrogen and oxygen atoms in total. The van der Waals surface area contributed by atoms with Gasteiger partial charge in [0.25, 0.3) is 0 Å². The molecule has 0 saturated carbocycles. The first-order chi connectivity index (χ1) is 5.64. The van der Waals surface area contributed by atoms with E-state index < -0.39 is 11.9 Å². The summed E-state index contributed by atoms with van der Waals surface area (Å²) in [5.41, 5.74) is 0. The zero-order chi connectivity index (χ0) is 9.19. The van der Waals surface area contributed by atoms with Crippen LogP contribution >= 0.6 is 0 Å². The fourth-order valence-electron chi connectivity index (χ4n) is 1.39. The summed E-state index contributed by atoms with van der Waals surface area (Å²) >= 11 is 0. The SMILES string of the molecule is COC1(OC)COC(C)CC1O. The molecule has 12 heavy (non-hydrogen) atoms. The van der Waals surface area contributed by atoms with E-state index in [4.69, 9.17) is 14.2 Å². The van der Waals surface area contributed by atoms with E-state index in [1.807, 2.05) is 6.92 Å². The van der Waals surface area contributed by atoms with Crippen LogP contribution in [0.25, 0.3) is 0 Å². The molecule has 1 saturated heterocycles. The predicted molar refractivity (Wildman–Crippen MR) is 42.8 cm³/mol. The second-order valence-corrected chi connectivity index (χ2v) is 3.09. The highest BCUT2D eigenvalue weighted by molar-refractivity contribution is 4.84. The van der Waals surface area contributed by atoms with E-state index in [1.54, 1.807) is 0 Å². The summed E-state index contributed by atoms with van der Waals surface area (Å²) < 4.78 is 15.5. The Balaban J connectivity index is 2.64. The molecule has 0 aliphatic carbocycles. The van der Waals surface area contributed by atoms with E-state index in [-0.39, 0.29) is 12.7 Å². The van der Waals surface area contributed by atoms with Crippen LogP contribution in [-0.4, -0.2) is 43.9 Å². The minimum Gasteiger partial charge on any atom is -0.387 e. The molecule has 2 atom stereocenters. The second-order valence-electron chi connectivity index (χ2n) is 3.09. The third-order valence-electron chi connectivity index (χ3n) is 2.32. The molecule has 0 bridgehead atoms. The molecule has 1 aliphatic heterocycles. The van der Waals surface area contributed by atoms with Crippen molar-refractivity contribution in [3.8, 4) is 0 Å². The van der Waals surface area contributed by atoms with Crippen molar-refractivity contribution in [2.75, 3.05) is 20.8 Å². The molecule has 0 amide bonds. The highest BCUT2D eigenvalue weighted by Crippen LogP contribution is 2.26. The van der Waals surface area contributed by atoms with Crippen molar-refractivity contribution >= 4 is 0 Å². The lowest BCUT2D eigenvalue weighted by molar-refractivity contribution is -0.309. The fourth-order valence-corrected chi connectivity index (χ4v) is 1.39. The zero-order valence-corrected chi connectivity index (χ0v) is 7.74. The lowest BCUT2D eigenvalue weighted by atomic mass is 10.0. The van der Waals surface area contributed by atoms with Crippen LogP contribution in [0.2, 0.25) is 0 Å². The first kappa shape index (κ1) is 9.92. The van der Waals surface area contributed by atoms with E-state index in [0.29, 0.717) is 6.42 Å². The van der Waals surface area contributed by atoms with E-state index in [2.05, 4.69) is 0 Å². The molecule has 0 radical (unpaired) electrons. The smallest absolute Gasteiger partial charge is 0.218 e. The molecular weight excluding hydrogens is 160 g/mol. The first-order valence-electron chi connectivity index (χ1n) is 4.04. The van der Waals surface area contributed by atoms with Gasteiger partial charge in [-0.2, -0.15) is 0 Å². The molecule has 1 heterocycles. The molecule has 0 aromatic rings. The number of aliphatic hydroxyl groups is 1. The van der Waals surface area contributed by atoms with Crippen molar-refractivity contribution in [1.82, 2.24) is 0 Å². The van der Waals surface area contributed by atoms with Gasteiger partial charge in [0.05, 0.1) is 6.10 Å². The minimum atomic E-state index is -0.966. The van der Waals surface area contributed by atoms with E-state index >= 15 is 0 Å². The largest absolute Gasteiger partial charge is 0.387 e. The van der Waals surface area contributed by atoms with Gasteiger partial charge in [0.15, 0.2) is 0 Å². The minimum absolute atomic E-state index is 0.0680. The van der Waals surface area contributed by atoms with Crippen LogP contribution in [0, 0.1) is 0 Å². The maximum Gasteiger partial charge on any atom is 0.218 e. The Labute approximate surface area is 72.4 Å². The highest BCUT2D eigenvalue weighted by atomic mass is 16.7. The number of methoxy groups -OCH3 is 2. The molecule has 1 fully saturated rings. The Kier molecular flexibility index (Phi) is 3.06. The summed E-state index contributed by atoms with van der Waals surface area (Å²) in [4.78, 5) is 0. The maximum atomic E-state index is 9.66. The van der Waals surface area contributed by atoms with Crippen LogP contribution in [0.15, 0.2) is 0 Å². The number of rotatable bonds is 2. The summed E-state index contributed by atoms with van der Waals surface area (Å²) in [5.74, 6) is -0.966. The van der Waals surface area contributed by atoms with Crippen molar-refractivity contribution in [3.05, 3.63) is 0 Å². The van der Waals surface area contributed by atoms with Crippen molar-refractivity contribution in [1.29, 1.82) is 0 Å². The van der Waals surface area contributed by atoms with Crippen LogP contribution in [0.4, 0.5) is 0 Å². The number of aliphatic hydroxyl groups excluding tert-OH is 1. The Morgan fingerprint density at radius 3 is 2.42 bits per heavy atom. The first-order valence-corrected chi connectivity index (χ1v) is 4.04. The van der Waals surface area contributed by atoms with Crippen molar-refractivity contribution in [2.45, 2.75) is 31.3 Å². The molecule has 1 aliphatic rings. The molecule has 4 heteroatoms. The highest BCUT2D eigenvalue weighted by Gasteiger charge is 2.43. The zero-order valence-electron chi connectivity index (χ0n) is 7.74. The fraction of sp³-hybridized carbons (Fsp3) is 1.00. The van der Waals surface area contributed by atoms with Gasteiger partial charge in [-0.15, -0.1) is 0 Å². The predicted octanol–water partition coefficient (Wildman–Crippen LogP) is 0.145. The summed E-state index contributed by atoms with van der Waals surface area (Å²) in [6.07, 6.45) is -0.00326. The standard InChI is InChI=1S/C8H16O4/c1-6-4-7(9)8(10-2,11-3)5-12-6/h6-7,9H,4-5H2,1-3H3. The summed E-state index contributed by atoms with van der Waals surface area (Å²) in [6.45, 7) is 2.20. The van der Waals surface area contributed by atoms with Gasteiger partial charge in [0, 0.05) is 20.6 Å². The molecule has 1 N–H and O–H groups in total. The quantitative estimate of drug-likeness (QED) is 0.608. The van der Waals surface area contributed by atoms with Gasteiger partial charge in [-0.1, -0.05) is 0 Å². The molecule has 0 aromatic heterocycles. The van der Waals surface area contributed by atoms with Gasteiger partial charge in [0.2, 0.25) is 5.79 Å². The van der Waals surface area contributed by atoms with Gasteiger partial charge in [-0.05, 0) is 6.92 Å². The van der Waals surface area contributed by atoms with Crippen molar-refractivity contribution < 1.29 is 19.3 Å². The monoisotopic (exact) mass is 176 g/mol. The van der Waals surface area contributed by atoms with Crippen molar-refractivity contribution in [2.24, 2.45) is 0 Å². The molecular formula is C8H16O4. The topological polar surface area (TPSA) is 47.9 Å². The Morgan fingerprint density at radius 2 is 2.00 bits per heavy atom. The normalized spacial score (nSPS) is 35.0. The Bertz CT molecular complexity index is 144. The van der Waals surface area contributed by atoms with Gasteiger partial charge in [-0.25, -0.2) is 0 Å². The van der Waals surface area contributed by atoms with E-state index in [1.165, 1.54) is 14.2 Å².